The van der Waals surface area contributed by atoms with Crippen molar-refractivity contribution < 1.29 is 23.8 Å². The van der Waals surface area contributed by atoms with Gasteiger partial charge in [0.15, 0.2) is 5.58 Å². The Balaban J connectivity index is 1.26. The fraction of sp³-hybridized carbons (Fsp3) is 0.400. The molecule has 0 saturated heterocycles. The molecule has 0 bridgehead atoms. The standard InChI is InChI=1S/C30H33NO5/c32-29(33)12-5-2-6-17-34-23-13-15-25-22(18-23)10-7-11-26(25)30-31-27-16-14-24(19-28(27)36-30)35-20-21-8-3-1-4-9-21/h7,10-11,13-16,18-19,21H,1-6,8-9,12,17,20H2,(H,32,33). The van der Waals surface area contributed by atoms with Crippen LogP contribution in [0.4, 0.5) is 0 Å². The highest BCUT2D eigenvalue weighted by atomic mass is 16.5. The summed E-state index contributed by atoms with van der Waals surface area (Å²) in [6, 6.07) is 18.0. The Bertz CT molecular complexity index is 1320. The lowest BCUT2D eigenvalue weighted by Crippen LogP contribution is -2.15. The van der Waals surface area contributed by atoms with Gasteiger partial charge >= 0.3 is 5.97 Å². The van der Waals surface area contributed by atoms with Gasteiger partial charge in [0.05, 0.1) is 13.2 Å². The van der Waals surface area contributed by atoms with Gasteiger partial charge in [-0.25, -0.2) is 4.98 Å². The third-order valence-electron chi connectivity index (χ3n) is 6.96. The van der Waals surface area contributed by atoms with Crippen LogP contribution in [-0.2, 0) is 4.79 Å². The van der Waals surface area contributed by atoms with Gasteiger partial charge in [0.1, 0.15) is 17.0 Å². The molecule has 188 valence electrons. The van der Waals surface area contributed by atoms with E-state index in [9.17, 15) is 4.79 Å². The van der Waals surface area contributed by atoms with Crippen molar-refractivity contribution >= 4 is 27.8 Å². The molecule has 5 rings (SSSR count). The average molecular weight is 488 g/mol. The number of carboxylic acids is 1. The molecule has 36 heavy (non-hydrogen) atoms. The third kappa shape index (κ3) is 5.99. The number of hydrogen-bond donors (Lipinski definition) is 1. The Morgan fingerprint density at radius 1 is 0.944 bits per heavy atom. The molecule has 1 saturated carbocycles. The minimum Gasteiger partial charge on any atom is -0.494 e. The molecular weight excluding hydrogens is 454 g/mol. The predicted molar refractivity (Wildman–Crippen MR) is 141 cm³/mol. The molecule has 0 aliphatic heterocycles. The topological polar surface area (TPSA) is 81.8 Å². The smallest absolute Gasteiger partial charge is 0.303 e. The Morgan fingerprint density at radius 2 is 1.78 bits per heavy atom. The molecule has 0 radical (unpaired) electrons. The fourth-order valence-corrected chi connectivity index (χ4v) is 4.96. The molecule has 0 atom stereocenters. The summed E-state index contributed by atoms with van der Waals surface area (Å²) in [7, 11) is 0. The molecule has 4 aromatic rings. The van der Waals surface area contributed by atoms with E-state index in [1.807, 2.05) is 48.5 Å². The fourth-order valence-electron chi connectivity index (χ4n) is 4.96. The first-order chi connectivity index (χ1) is 17.7. The SMILES string of the molecule is O=C(O)CCCCCOc1ccc2c(-c3nc4ccc(OCC5CCCCC5)cc4o3)cccc2c1. The summed E-state index contributed by atoms with van der Waals surface area (Å²) in [6.45, 7) is 1.34. The Morgan fingerprint density at radius 3 is 2.64 bits per heavy atom. The highest BCUT2D eigenvalue weighted by Gasteiger charge is 2.16. The first-order valence-electron chi connectivity index (χ1n) is 13.1. The summed E-state index contributed by atoms with van der Waals surface area (Å²) in [5.74, 6) is 2.13. The van der Waals surface area contributed by atoms with E-state index in [2.05, 4.69) is 6.07 Å². The van der Waals surface area contributed by atoms with Crippen molar-refractivity contribution in [1.29, 1.82) is 0 Å². The van der Waals surface area contributed by atoms with Gasteiger partial charge in [-0.3, -0.25) is 4.79 Å². The lowest BCUT2D eigenvalue weighted by atomic mass is 9.90. The molecule has 0 unspecified atom stereocenters. The number of hydrogen-bond acceptors (Lipinski definition) is 5. The van der Waals surface area contributed by atoms with Crippen LogP contribution in [0.2, 0.25) is 0 Å². The predicted octanol–water partition coefficient (Wildman–Crippen LogP) is 7.63. The number of fused-ring (bicyclic) bond motifs is 2. The molecular formula is C30H33NO5. The van der Waals surface area contributed by atoms with Gasteiger partial charge in [-0.15, -0.1) is 0 Å². The van der Waals surface area contributed by atoms with Gasteiger partial charge in [-0.2, -0.15) is 0 Å². The first-order valence-corrected chi connectivity index (χ1v) is 13.1. The number of ether oxygens (including phenoxy) is 2. The van der Waals surface area contributed by atoms with E-state index in [1.165, 1.54) is 32.1 Å². The van der Waals surface area contributed by atoms with Crippen LogP contribution in [-0.4, -0.2) is 29.3 Å². The number of aliphatic carboxylic acids is 1. The summed E-state index contributed by atoms with van der Waals surface area (Å²) in [6.07, 6.45) is 9.06. The van der Waals surface area contributed by atoms with E-state index in [0.717, 1.165) is 58.4 Å². The summed E-state index contributed by atoms with van der Waals surface area (Å²) in [5, 5.41) is 10.8. The van der Waals surface area contributed by atoms with E-state index in [0.29, 0.717) is 24.8 Å². The molecule has 6 nitrogen and oxygen atoms in total. The summed E-state index contributed by atoms with van der Waals surface area (Å²) in [4.78, 5) is 15.3. The second-order valence-electron chi connectivity index (χ2n) is 9.70. The molecule has 6 heteroatoms. The van der Waals surface area contributed by atoms with Gasteiger partial charge in [0.25, 0.3) is 0 Å². The number of carboxylic acid groups (broad SMARTS) is 1. The maximum Gasteiger partial charge on any atom is 0.303 e. The Hall–Kier alpha value is -3.54. The quantitative estimate of drug-likeness (QED) is 0.219. The summed E-state index contributed by atoms with van der Waals surface area (Å²) >= 11 is 0. The number of benzene rings is 3. The van der Waals surface area contributed by atoms with E-state index in [4.69, 9.17) is 24.0 Å². The van der Waals surface area contributed by atoms with Crippen molar-refractivity contribution in [3.63, 3.8) is 0 Å². The zero-order valence-electron chi connectivity index (χ0n) is 20.6. The van der Waals surface area contributed by atoms with Crippen molar-refractivity contribution in [2.45, 2.75) is 57.8 Å². The molecule has 0 amide bonds. The van der Waals surface area contributed by atoms with Crippen LogP contribution in [0, 0.1) is 5.92 Å². The van der Waals surface area contributed by atoms with Gasteiger partial charge in [-0.05, 0) is 85.2 Å². The maximum atomic E-state index is 10.6. The van der Waals surface area contributed by atoms with Crippen LogP contribution >= 0.6 is 0 Å². The van der Waals surface area contributed by atoms with Gasteiger partial charge in [-0.1, -0.05) is 31.4 Å². The molecule has 3 aromatic carbocycles. The minimum atomic E-state index is -0.747. The Kier molecular flexibility index (Phi) is 7.70. The van der Waals surface area contributed by atoms with Crippen LogP contribution in [0.15, 0.2) is 59.0 Å². The number of aromatic nitrogens is 1. The summed E-state index contributed by atoms with van der Waals surface area (Å²) < 4.78 is 18.2. The van der Waals surface area contributed by atoms with E-state index < -0.39 is 5.97 Å². The van der Waals surface area contributed by atoms with Crippen molar-refractivity contribution in [2.24, 2.45) is 5.92 Å². The van der Waals surface area contributed by atoms with Crippen LogP contribution < -0.4 is 9.47 Å². The molecule has 1 fully saturated rings. The zero-order valence-corrected chi connectivity index (χ0v) is 20.6. The van der Waals surface area contributed by atoms with Crippen LogP contribution in [0.25, 0.3) is 33.3 Å². The van der Waals surface area contributed by atoms with E-state index in [1.54, 1.807) is 0 Å². The largest absolute Gasteiger partial charge is 0.494 e. The van der Waals surface area contributed by atoms with Crippen molar-refractivity contribution in [3.8, 4) is 23.0 Å². The number of oxazole rings is 1. The second-order valence-corrected chi connectivity index (χ2v) is 9.70. The lowest BCUT2D eigenvalue weighted by Gasteiger charge is -2.21. The minimum absolute atomic E-state index is 0.212. The zero-order chi connectivity index (χ0) is 24.7. The van der Waals surface area contributed by atoms with Gasteiger partial charge < -0.3 is 19.0 Å². The number of unbranched alkanes of at least 4 members (excludes halogenated alkanes) is 2. The highest BCUT2D eigenvalue weighted by Crippen LogP contribution is 2.33. The average Bonchev–Trinajstić information content (AvgIpc) is 3.33. The molecule has 1 aromatic heterocycles. The number of rotatable bonds is 11. The van der Waals surface area contributed by atoms with E-state index >= 15 is 0 Å². The van der Waals surface area contributed by atoms with Crippen molar-refractivity contribution in [3.05, 3.63) is 54.6 Å². The molecule has 1 N–H and O–H groups in total. The maximum absolute atomic E-state index is 10.6. The second kappa shape index (κ2) is 11.5. The Labute approximate surface area is 211 Å². The normalized spacial score (nSPS) is 14.3. The number of nitrogens with zero attached hydrogens (tertiary/aromatic N) is 1. The monoisotopic (exact) mass is 487 g/mol. The van der Waals surface area contributed by atoms with E-state index in [-0.39, 0.29) is 6.42 Å². The molecule has 1 heterocycles. The van der Waals surface area contributed by atoms with Crippen molar-refractivity contribution in [2.75, 3.05) is 13.2 Å². The molecule has 1 aliphatic rings. The van der Waals surface area contributed by atoms with Crippen LogP contribution in [0.1, 0.15) is 57.8 Å². The molecule has 1 aliphatic carbocycles. The number of carbonyl (C=O) groups is 1. The van der Waals surface area contributed by atoms with Crippen LogP contribution in [0.3, 0.4) is 0 Å². The van der Waals surface area contributed by atoms with Crippen molar-refractivity contribution in [1.82, 2.24) is 4.98 Å². The molecule has 0 spiro atoms. The highest BCUT2D eigenvalue weighted by molar-refractivity contribution is 5.96. The third-order valence-corrected chi connectivity index (χ3v) is 6.96. The van der Waals surface area contributed by atoms with Gasteiger partial charge in [0.2, 0.25) is 5.89 Å². The lowest BCUT2D eigenvalue weighted by molar-refractivity contribution is -0.137. The first kappa shape index (κ1) is 24.2. The van der Waals surface area contributed by atoms with Gasteiger partial charge in [0, 0.05) is 18.1 Å². The summed E-state index contributed by atoms with van der Waals surface area (Å²) in [5.41, 5.74) is 2.48. The van der Waals surface area contributed by atoms with Crippen LogP contribution in [0.5, 0.6) is 11.5 Å².